The van der Waals surface area contributed by atoms with Crippen molar-refractivity contribution in [2.24, 2.45) is 5.92 Å². The zero-order valence-electron chi connectivity index (χ0n) is 9.18. The van der Waals surface area contributed by atoms with Crippen LogP contribution in [-0.4, -0.2) is 31.6 Å². The third kappa shape index (κ3) is 5.40. The van der Waals surface area contributed by atoms with E-state index in [0.717, 1.165) is 0 Å². The van der Waals surface area contributed by atoms with Crippen LogP contribution in [0.5, 0.6) is 0 Å². The molecule has 0 aromatic rings. The number of carbonyl (C=O) groups is 2. The van der Waals surface area contributed by atoms with E-state index >= 15 is 0 Å². The molecule has 14 heavy (non-hydrogen) atoms. The highest BCUT2D eigenvalue weighted by atomic mass is 16.2. The van der Waals surface area contributed by atoms with Crippen LogP contribution in [0.4, 0.5) is 4.79 Å². The van der Waals surface area contributed by atoms with Crippen LogP contribution in [0.1, 0.15) is 20.8 Å². The number of rotatable bonds is 4. The molecular weight excluding hydrogens is 182 g/mol. The Morgan fingerprint density at radius 1 is 1.21 bits per heavy atom. The molecular formula is C9H19N3O2. The predicted octanol–water partition coefficient (Wildman–Crippen LogP) is 0.0761. The first-order valence-electron chi connectivity index (χ1n) is 4.73. The standard InChI is InChI=1S/C9H19N3O2/c1-6(2)5-11-8(13)7(3)12-9(14)10-4/h6-7H,5H2,1-4H3,(H,11,13)(H2,10,12,14). The van der Waals surface area contributed by atoms with Crippen molar-refractivity contribution in [1.29, 1.82) is 0 Å². The summed E-state index contributed by atoms with van der Waals surface area (Å²) in [5, 5.41) is 7.61. The van der Waals surface area contributed by atoms with Gasteiger partial charge in [0.2, 0.25) is 5.91 Å². The van der Waals surface area contributed by atoms with Crippen molar-refractivity contribution in [2.45, 2.75) is 26.8 Å². The Balaban J connectivity index is 3.82. The van der Waals surface area contributed by atoms with E-state index < -0.39 is 6.04 Å². The molecule has 3 amide bonds. The topological polar surface area (TPSA) is 70.2 Å². The van der Waals surface area contributed by atoms with Crippen LogP contribution in [0.15, 0.2) is 0 Å². The van der Waals surface area contributed by atoms with Crippen LogP contribution in [0.2, 0.25) is 0 Å². The summed E-state index contributed by atoms with van der Waals surface area (Å²) < 4.78 is 0. The summed E-state index contributed by atoms with van der Waals surface area (Å²) in [5.41, 5.74) is 0. The second kappa shape index (κ2) is 6.23. The van der Waals surface area contributed by atoms with E-state index in [1.165, 1.54) is 7.05 Å². The zero-order valence-corrected chi connectivity index (χ0v) is 9.18. The number of carbonyl (C=O) groups excluding carboxylic acids is 2. The summed E-state index contributed by atoms with van der Waals surface area (Å²) >= 11 is 0. The van der Waals surface area contributed by atoms with E-state index in [4.69, 9.17) is 0 Å². The van der Waals surface area contributed by atoms with Gasteiger partial charge in [-0.2, -0.15) is 0 Å². The van der Waals surface area contributed by atoms with E-state index in [0.29, 0.717) is 12.5 Å². The van der Waals surface area contributed by atoms with Crippen LogP contribution >= 0.6 is 0 Å². The maximum atomic E-state index is 11.3. The third-order valence-electron chi connectivity index (χ3n) is 1.65. The molecule has 0 saturated carbocycles. The third-order valence-corrected chi connectivity index (χ3v) is 1.65. The molecule has 5 heteroatoms. The fraction of sp³-hybridized carbons (Fsp3) is 0.778. The van der Waals surface area contributed by atoms with Crippen LogP contribution in [0, 0.1) is 5.92 Å². The Bertz CT molecular complexity index is 204. The van der Waals surface area contributed by atoms with Crippen molar-refractivity contribution in [3.63, 3.8) is 0 Å². The molecule has 0 radical (unpaired) electrons. The summed E-state index contributed by atoms with van der Waals surface area (Å²) in [6, 6.07) is -0.856. The second-order valence-electron chi connectivity index (χ2n) is 3.58. The van der Waals surface area contributed by atoms with Gasteiger partial charge in [0.15, 0.2) is 0 Å². The lowest BCUT2D eigenvalue weighted by atomic mass is 10.2. The largest absolute Gasteiger partial charge is 0.354 e. The van der Waals surface area contributed by atoms with Gasteiger partial charge >= 0.3 is 6.03 Å². The molecule has 0 aliphatic heterocycles. The number of nitrogens with one attached hydrogen (secondary N) is 3. The number of hydrogen-bond donors (Lipinski definition) is 3. The molecule has 5 nitrogen and oxygen atoms in total. The average Bonchev–Trinajstić information content (AvgIpc) is 2.13. The van der Waals surface area contributed by atoms with Crippen LogP contribution in [0.25, 0.3) is 0 Å². The fourth-order valence-electron chi connectivity index (χ4n) is 0.792. The van der Waals surface area contributed by atoms with Gasteiger partial charge in [-0.25, -0.2) is 4.79 Å². The summed E-state index contributed by atoms with van der Waals surface area (Å²) in [4.78, 5) is 22.2. The van der Waals surface area contributed by atoms with Gasteiger partial charge in [-0.05, 0) is 12.8 Å². The molecule has 0 rings (SSSR count). The van der Waals surface area contributed by atoms with E-state index in [1.807, 2.05) is 13.8 Å². The molecule has 0 aliphatic carbocycles. The monoisotopic (exact) mass is 201 g/mol. The minimum atomic E-state index is -0.506. The minimum absolute atomic E-state index is 0.165. The lowest BCUT2D eigenvalue weighted by molar-refractivity contribution is -0.122. The van der Waals surface area contributed by atoms with Gasteiger partial charge in [0.05, 0.1) is 0 Å². The summed E-state index contributed by atoms with van der Waals surface area (Å²) in [6.07, 6.45) is 0. The van der Waals surface area contributed by atoms with Crippen molar-refractivity contribution in [3.8, 4) is 0 Å². The van der Waals surface area contributed by atoms with Gasteiger partial charge in [-0.1, -0.05) is 13.8 Å². The van der Waals surface area contributed by atoms with Crippen LogP contribution in [-0.2, 0) is 4.79 Å². The molecule has 0 saturated heterocycles. The first kappa shape index (κ1) is 12.7. The van der Waals surface area contributed by atoms with Crippen molar-refractivity contribution in [3.05, 3.63) is 0 Å². The molecule has 0 aliphatic rings. The fourth-order valence-corrected chi connectivity index (χ4v) is 0.792. The Labute approximate surface area is 84.6 Å². The maximum Gasteiger partial charge on any atom is 0.315 e. The van der Waals surface area contributed by atoms with E-state index in [-0.39, 0.29) is 11.9 Å². The summed E-state index contributed by atoms with van der Waals surface area (Å²) in [7, 11) is 1.51. The van der Waals surface area contributed by atoms with Gasteiger partial charge in [0.1, 0.15) is 6.04 Å². The van der Waals surface area contributed by atoms with Crippen LogP contribution in [0.3, 0.4) is 0 Å². The molecule has 0 fully saturated rings. The minimum Gasteiger partial charge on any atom is -0.354 e. The molecule has 0 heterocycles. The molecule has 0 aromatic heterocycles. The van der Waals surface area contributed by atoms with Crippen molar-refractivity contribution < 1.29 is 9.59 Å². The summed E-state index contributed by atoms with van der Waals surface area (Å²) in [6.45, 7) is 6.29. The summed E-state index contributed by atoms with van der Waals surface area (Å²) in [5.74, 6) is 0.244. The smallest absolute Gasteiger partial charge is 0.315 e. The Morgan fingerprint density at radius 3 is 2.21 bits per heavy atom. The van der Waals surface area contributed by atoms with Crippen molar-refractivity contribution >= 4 is 11.9 Å². The zero-order chi connectivity index (χ0) is 11.1. The highest BCUT2D eigenvalue weighted by Crippen LogP contribution is 1.88. The van der Waals surface area contributed by atoms with E-state index in [9.17, 15) is 9.59 Å². The van der Waals surface area contributed by atoms with Gasteiger partial charge in [-0.15, -0.1) is 0 Å². The number of urea groups is 1. The normalized spacial score (nSPS) is 12.1. The Morgan fingerprint density at radius 2 is 1.79 bits per heavy atom. The first-order valence-corrected chi connectivity index (χ1v) is 4.73. The lowest BCUT2D eigenvalue weighted by Crippen LogP contribution is -2.48. The Kier molecular flexibility index (Phi) is 5.67. The average molecular weight is 201 g/mol. The van der Waals surface area contributed by atoms with Gasteiger partial charge in [0.25, 0.3) is 0 Å². The van der Waals surface area contributed by atoms with Gasteiger partial charge < -0.3 is 16.0 Å². The highest BCUT2D eigenvalue weighted by molar-refractivity contribution is 5.86. The predicted molar refractivity (Wildman–Crippen MR) is 54.9 cm³/mol. The maximum absolute atomic E-state index is 11.3. The van der Waals surface area contributed by atoms with Crippen molar-refractivity contribution in [1.82, 2.24) is 16.0 Å². The SMILES string of the molecule is CNC(=O)NC(C)C(=O)NCC(C)C. The highest BCUT2D eigenvalue weighted by Gasteiger charge is 2.14. The molecule has 3 N–H and O–H groups in total. The number of amides is 3. The molecule has 1 atom stereocenters. The molecule has 82 valence electrons. The molecule has 0 spiro atoms. The lowest BCUT2D eigenvalue weighted by Gasteiger charge is -2.14. The van der Waals surface area contributed by atoms with E-state index in [2.05, 4.69) is 16.0 Å². The quantitative estimate of drug-likeness (QED) is 0.602. The van der Waals surface area contributed by atoms with Gasteiger partial charge in [-0.3, -0.25) is 4.79 Å². The molecule has 0 aromatic carbocycles. The first-order chi connectivity index (χ1) is 6.47. The van der Waals surface area contributed by atoms with Crippen LogP contribution < -0.4 is 16.0 Å². The van der Waals surface area contributed by atoms with Gasteiger partial charge in [0, 0.05) is 13.6 Å². The number of hydrogen-bond acceptors (Lipinski definition) is 2. The second-order valence-corrected chi connectivity index (χ2v) is 3.58. The van der Waals surface area contributed by atoms with Crippen molar-refractivity contribution in [2.75, 3.05) is 13.6 Å². The van der Waals surface area contributed by atoms with E-state index in [1.54, 1.807) is 6.92 Å². The Hall–Kier alpha value is -1.26. The molecule has 1 unspecified atom stereocenters. The molecule has 0 bridgehead atoms.